The van der Waals surface area contributed by atoms with Crippen molar-refractivity contribution in [2.75, 3.05) is 13.2 Å². The molecular formula is C15H17ClN2O3. The van der Waals surface area contributed by atoms with Gasteiger partial charge in [-0.25, -0.2) is 9.78 Å². The first-order valence-corrected chi connectivity index (χ1v) is 6.32. The SMILES string of the molecule is Cl.O=C(O)c1ccc(CNCCOc2ccccn2)cc1. The van der Waals surface area contributed by atoms with Gasteiger partial charge < -0.3 is 15.2 Å². The molecule has 0 bridgehead atoms. The zero-order chi connectivity index (χ0) is 14.2. The molecule has 5 nitrogen and oxygen atoms in total. The highest BCUT2D eigenvalue weighted by molar-refractivity contribution is 5.87. The van der Waals surface area contributed by atoms with Gasteiger partial charge in [-0.05, 0) is 23.8 Å². The van der Waals surface area contributed by atoms with Crippen molar-refractivity contribution in [1.82, 2.24) is 10.3 Å². The van der Waals surface area contributed by atoms with Crippen LogP contribution in [-0.2, 0) is 6.54 Å². The molecule has 2 rings (SSSR count). The van der Waals surface area contributed by atoms with Crippen molar-refractivity contribution in [3.63, 3.8) is 0 Å². The Hall–Kier alpha value is -2.11. The number of nitrogens with zero attached hydrogens (tertiary/aromatic N) is 1. The zero-order valence-electron chi connectivity index (χ0n) is 11.4. The van der Waals surface area contributed by atoms with Crippen LogP contribution in [0.3, 0.4) is 0 Å². The molecule has 0 atom stereocenters. The van der Waals surface area contributed by atoms with Crippen molar-refractivity contribution in [3.05, 3.63) is 59.8 Å². The molecule has 0 fully saturated rings. The van der Waals surface area contributed by atoms with E-state index in [0.29, 0.717) is 31.1 Å². The number of hydrogen-bond acceptors (Lipinski definition) is 4. The molecule has 2 aromatic rings. The summed E-state index contributed by atoms with van der Waals surface area (Å²) in [4.78, 5) is 14.8. The highest BCUT2D eigenvalue weighted by Crippen LogP contribution is 2.04. The van der Waals surface area contributed by atoms with Crippen LogP contribution >= 0.6 is 12.4 Å². The van der Waals surface area contributed by atoms with Crippen LogP contribution in [0, 0.1) is 0 Å². The molecule has 0 radical (unpaired) electrons. The lowest BCUT2D eigenvalue weighted by atomic mass is 10.1. The molecule has 112 valence electrons. The average molecular weight is 309 g/mol. The van der Waals surface area contributed by atoms with E-state index in [1.54, 1.807) is 30.5 Å². The number of ether oxygens (including phenoxy) is 1. The van der Waals surface area contributed by atoms with Gasteiger partial charge in [-0.15, -0.1) is 12.4 Å². The summed E-state index contributed by atoms with van der Waals surface area (Å²) < 4.78 is 5.44. The first-order chi connectivity index (χ1) is 9.75. The smallest absolute Gasteiger partial charge is 0.335 e. The Morgan fingerprint density at radius 1 is 1.19 bits per heavy atom. The van der Waals surface area contributed by atoms with E-state index in [0.717, 1.165) is 5.56 Å². The molecule has 0 aliphatic heterocycles. The third kappa shape index (κ3) is 5.81. The van der Waals surface area contributed by atoms with Crippen LogP contribution in [0.4, 0.5) is 0 Å². The number of carbonyl (C=O) groups is 1. The number of nitrogens with one attached hydrogen (secondary N) is 1. The number of aromatic nitrogens is 1. The maximum Gasteiger partial charge on any atom is 0.335 e. The van der Waals surface area contributed by atoms with E-state index in [2.05, 4.69) is 10.3 Å². The molecule has 0 spiro atoms. The number of carboxylic acid groups (broad SMARTS) is 1. The lowest BCUT2D eigenvalue weighted by molar-refractivity contribution is 0.0697. The van der Waals surface area contributed by atoms with Gasteiger partial charge in [0.1, 0.15) is 6.61 Å². The van der Waals surface area contributed by atoms with Crippen molar-refractivity contribution in [1.29, 1.82) is 0 Å². The number of pyridine rings is 1. The Bertz CT molecular complexity index is 547. The Balaban J connectivity index is 0.00000220. The minimum atomic E-state index is -0.909. The Morgan fingerprint density at radius 3 is 2.57 bits per heavy atom. The van der Waals surface area contributed by atoms with Crippen LogP contribution in [0.15, 0.2) is 48.7 Å². The van der Waals surface area contributed by atoms with E-state index >= 15 is 0 Å². The molecule has 1 aromatic heterocycles. The fraction of sp³-hybridized carbons (Fsp3) is 0.200. The van der Waals surface area contributed by atoms with Crippen molar-refractivity contribution in [2.24, 2.45) is 0 Å². The fourth-order valence-corrected chi connectivity index (χ4v) is 1.66. The van der Waals surface area contributed by atoms with Gasteiger partial charge in [0.15, 0.2) is 0 Å². The third-order valence-corrected chi connectivity index (χ3v) is 2.70. The molecule has 21 heavy (non-hydrogen) atoms. The fourth-order valence-electron chi connectivity index (χ4n) is 1.66. The van der Waals surface area contributed by atoms with Crippen LogP contribution < -0.4 is 10.1 Å². The van der Waals surface area contributed by atoms with Crippen LogP contribution in [0.1, 0.15) is 15.9 Å². The van der Waals surface area contributed by atoms with E-state index in [4.69, 9.17) is 9.84 Å². The first-order valence-electron chi connectivity index (χ1n) is 6.32. The molecule has 0 aliphatic rings. The topological polar surface area (TPSA) is 71.5 Å². The predicted molar refractivity (Wildman–Crippen MR) is 82.1 cm³/mol. The van der Waals surface area contributed by atoms with E-state index < -0.39 is 5.97 Å². The number of halogens is 1. The third-order valence-electron chi connectivity index (χ3n) is 2.70. The summed E-state index contributed by atoms with van der Waals surface area (Å²) in [5.41, 5.74) is 1.33. The van der Waals surface area contributed by atoms with Crippen molar-refractivity contribution in [3.8, 4) is 5.88 Å². The summed E-state index contributed by atoms with van der Waals surface area (Å²) in [5.74, 6) is -0.298. The molecule has 1 heterocycles. The van der Waals surface area contributed by atoms with E-state index in [9.17, 15) is 4.79 Å². The molecule has 0 aliphatic carbocycles. The summed E-state index contributed by atoms with van der Waals surface area (Å²) in [6.07, 6.45) is 1.69. The minimum Gasteiger partial charge on any atom is -0.478 e. The highest BCUT2D eigenvalue weighted by atomic mass is 35.5. The van der Waals surface area contributed by atoms with E-state index in [1.807, 2.05) is 18.2 Å². The second-order valence-corrected chi connectivity index (χ2v) is 4.20. The van der Waals surface area contributed by atoms with Crippen molar-refractivity contribution in [2.45, 2.75) is 6.54 Å². The van der Waals surface area contributed by atoms with Gasteiger partial charge in [0, 0.05) is 25.4 Å². The molecule has 1 aromatic carbocycles. The highest BCUT2D eigenvalue weighted by Gasteiger charge is 2.01. The molecule has 0 unspecified atom stereocenters. The van der Waals surface area contributed by atoms with Gasteiger partial charge in [0.25, 0.3) is 0 Å². The Labute approximate surface area is 129 Å². The largest absolute Gasteiger partial charge is 0.478 e. The quantitative estimate of drug-likeness (QED) is 0.768. The lowest BCUT2D eigenvalue weighted by Gasteiger charge is -2.07. The number of benzene rings is 1. The van der Waals surface area contributed by atoms with E-state index in [1.165, 1.54) is 0 Å². The summed E-state index contributed by atoms with van der Waals surface area (Å²) in [6.45, 7) is 1.90. The summed E-state index contributed by atoms with van der Waals surface area (Å²) >= 11 is 0. The van der Waals surface area contributed by atoms with Crippen LogP contribution in [0.2, 0.25) is 0 Å². The van der Waals surface area contributed by atoms with Gasteiger partial charge in [0.2, 0.25) is 5.88 Å². The Morgan fingerprint density at radius 2 is 1.95 bits per heavy atom. The van der Waals surface area contributed by atoms with Gasteiger partial charge >= 0.3 is 5.97 Å². The van der Waals surface area contributed by atoms with Crippen LogP contribution in [0.25, 0.3) is 0 Å². The number of carboxylic acids is 1. The second-order valence-electron chi connectivity index (χ2n) is 4.20. The van der Waals surface area contributed by atoms with Crippen LogP contribution in [-0.4, -0.2) is 29.2 Å². The standard InChI is InChI=1S/C15H16N2O3.ClH/c18-15(19)13-6-4-12(5-7-13)11-16-9-10-20-14-3-1-2-8-17-14;/h1-8,16H,9-11H2,(H,18,19);1H. The van der Waals surface area contributed by atoms with Crippen molar-refractivity contribution < 1.29 is 14.6 Å². The second kappa shape index (κ2) is 8.94. The molecule has 6 heteroatoms. The molecular weight excluding hydrogens is 292 g/mol. The lowest BCUT2D eigenvalue weighted by Crippen LogP contribution is -2.20. The predicted octanol–water partition coefficient (Wildman–Crippen LogP) is 2.37. The first kappa shape index (κ1) is 16.9. The zero-order valence-corrected chi connectivity index (χ0v) is 12.2. The minimum absolute atomic E-state index is 0. The van der Waals surface area contributed by atoms with Crippen LogP contribution in [0.5, 0.6) is 5.88 Å². The number of aromatic carboxylic acids is 1. The normalized spacial score (nSPS) is 9.71. The van der Waals surface area contributed by atoms with Gasteiger partial charge in [-0.2, -0.15) is 0 Å². The molecule has 0 amide bonds. The average Bonchev–Trinajstić information content (AvgIpc) is 2.48. The number of rotatable bonds is 7. The van der Waals surface area contributed by atoms with E-state index in [-0.39, 0.29) is 12.4 Å². The Kier molecular flexibility index (Phi) is 7.21. The maximum absolute atomic E-state index is 10.7. The monoisotopic (exact) mass is 308 g/mol. The van der Waals surface area contributed by atoms with Gasteiger partial charge in [-0.1, -0.05) is 18.2 Å². The summed E-state index contributed by atoms with van der Waals surface area (Å²) in [5, 5.41) is 12.0. The van der Waals surface area contributed by atoms with Gasteiger partial charge in [0.05, 0.1) is 5.56 Å². The molecule has 2 N–H and O–H groups in total. The number of hydrogen-bond donors (Lipinski definition) is 2. The van der Waals surface area contributed by atoms with Gasteiger partial charge in [-0.3, -0.25) is 0 Å². The summed E-state index contributed by atoms with van der Waals surface area (Å²) in [6, 6.07) is 12.3. The maximum atomic E-state index is 10.7. The summed E-state index contributed by atoms with van der Waals surface area (Å²) in [7, 11) is 0. The van der Waals surface area contributed by atoms with Crippen molar-refractivity contribution >= 4 is 18.4 Å². The molecule has 0 saturated carbocycles. The molecule has 0 saturated heterocycles.